The number of piperidine rings is 1. The number of rotatable bonds is 2. The van der Waals surface area contributed by atoms with Crippen LogP contribution in [0.15, 0.2) is 12.4 Å². The fraction of sp³-hybridized carbons (Fsp3) is 0.733. The maximum Gasteiger partial charge on any atom is 0.289 e. The Kier molecular flexibility index (Phi) is 3.54. The second-order valence-electron chi connectivity index (χ2n) is 6.47. The SMILES string of the molecule is CC(C)N1CC[C@@H]2CN(C(=O)c3nccn3C)C[C@@H]2C1. The van der Waals surface area contributed by atoms with E-state index in [0.29, 0.717) is 23.7 Å². The average Bonchev–Trinajstić information content (AvgIpc) is 3.02. The van der Waals surface area contributed by atoms with E-state index in [4.69, 9.17) is 0 Å². The van der Waals surface area contributed by atoms with Crippen LogP contribution in [0.25, 0.3) is 0 Å². The Labute approximate surface area is 120 Å². The van der Waals surface area contributed by atoms with Crippen LogP contribution >= 0.6 is 0 Å². The average molecular weight is 276 g/mol. The van der Waals surface area contributed by atoms with Gasteiger partial charge in [0.25, 0.3) is 5.91 Å². The molecule has 2 aliphatic rings. The molecule has 1 aromatic heterocycles. The van der Waals surface area contributed by atoms with Gasteiger partial charge in [0.15, 0.2) is 5.82 Å². The number of fused-ring (bicyclic) bond motifs is 1. The number of hydrogen-bond acceptors (Lipinski definition) is 3. The first-order valence-corrected chi connectivity index (χ1v) is 7.57. The maximum absolute atomic E-state index is 12.5. The molecule has 5 heteroatoms. The molecule has 0 aliphatic carbocycles. The van der Waals surface area contributed by atoms with Crippen molar-refractivity contribution in [2.45, 2.75) is 26.3 Å². The summed E-state index contributed by atoms with van der Waals surface area (Å²) < 4.78 is 1.81. The van der Waals surface area contributed by atoms with E-state index >= 15 is 0 Å². The number of amides is 1. The molecule has 1 aromatic rings. The molecule has 2 aliphatic heterocycles. The van der Waals surface area contributed by atoms with E-state index in [2.05, 4.69) is 23.7 Å². The summed E-state index contributed by atoms with van der Waals surface area (Å²) in [6.07, 6.45) is 4.74. The Morgan fingerprint density at radius 2 is 2.05 bits per heavy atom. The van der Waals surface area contributed by atoms with Gasteiger partial charge in [-0.3, -0.25) is 4.79 Å². The summed E-state index contributed by atoms with van der Waals surface area (Å²) >= 11 is 0. The largest absolute Gasteiger partial charge is 0.335 e. The van der Waals surface area contributed by atoms with Crippen LogP contribution in [-0.2, 0) is 7.05 Å². The second kappa shape index (κ2) is 5.20. The molecular weight excluding hydrogens is 252 g/mol. The molecule has 110 valence electrons. The van der Waals surface area contributed by atoms with Gasteiger partial charge in [-0.25, -0.2) is 4.98 Å². The highest BCUT2D eigenvalue weighted by Crippen LogP contribution is 2.32. The molecule has 2 atom stereocenters. The molecule has 0 unspecified atom stereocenters. The molecule has 20 heavy (non-hydrogen) atoms. The zero-order chi connectivity index (χ0) is 14.3. The minimum absolute atomic E-state index is 0.0861. The number of hydrogen-bond donors (Lipinski definition) is 0. The van der Waals surface area contributed by atoms with E-state index < -0.39 is 0 Å². The number of imidazole rings is 1. The van der Waals surface area contributed by atoms with Gasteiger partial charge in [-0.05, 0) is 38.6 Å². The number of carbonyl (C=O) groups is 1. The monoisotopic (exact) mass is 276 g/mol. The molecule has 3 heterocycles. The highest BCUT2D eigenvalue weighted by molar-refractivity contribution is 5.91. The fourth-order valence-electron chi connectivity index (χ4n) is 3.54. The first-order chi connectivity index (χ1) is 9.56. The molecule has 0 bridgehead atoms. The zero-order valence-corrected chi connectivity index (χ0v) is 12.6. The van der Waals surface area contributed by atoms with Gasteiger partial charge in [0, 0.05) is 45.1 Å². The van der Waals surface area contributed by atoms with Crippen LogP contribution in [0.1, 0.15) is 30.9 Å². The van der Waals surface area contributed by atoms with Crippen molar-refractivity contribution in [3.63, 3.8) is 0 Å². The minimum atomic E-state index is 0.0861. The molecule has 0 radical (unpaired) electrons. The van der Waals surface area contributed by atoms with Gasteiger partial charge in [-0.15, -0.1) is 0 Å². The molecule has 0 spiro atoms. The van der Waals surface area contributed by atoms with Gasteiger partial charge in [-0.2, -0.15) is 0 Å². The Hall–Kier alpha value is -1.36. The molecule has 2 fully saturated rings. The van der Waals surface area contributed by atoms with Crippen LogP contribution in [0.2, 0.25) is 0 Å². The normalized spacial score (nSPS) is 27.1. The first-order valence-electron chi connectivity index (χ1n) is 7.57. The minimum Gasteiger partial charge on any atom is -0.335 e. The molecule has 2 saturated heterocycles. The van der Waals surface area contributed by atoms with Gasteiger partial charge in [-0.1, -0.05) is 0 Å². The number of aryl methyl sites for hydroxylation is 1. The van der Waals surface area contributed by atoms with E-state index in [1.54, 1.807) is 6.20 Å². The van der Waals surface area contributed by atoms with Gasteiger partial charge in [0.2, 0.25) is 0 Å². The lowest BCUT2D eigenvalue weighted by Gasteiger charge is -2.36. The molecule has 5 nitrogen and oxygen atoms in total. The van der Waals surface area contributed by atoms with E-state index in [0.717, 1.165) is 19.6 Å². The molecule has 1 amide bonds. The van der Waals surface area contributed by atoms with Crippen molar-refractivity contribution in [3.05, 3.63) is 18.2 Å². The Bertz CT molecular complexity index is 496. The van der Waals surface area contributed by atoms with Crippen LogP contribution in [0.4, 0.5) is 0 Å². The van der Waals surface area contributed by atoms with Crippen molar-refractivity contribution in [1.29, 1.82) is 0 Å². The Balaban J connectivity index is 1.68. The van der Waals surface area contributed by atoms with Gasteiger partial charge >= 0.3 is 0 Å². The highest BCUT2D eigenvalue weighted by Gasteiger charge is 2.40. The van der Waals surface area contributed by atoms with Crippen LogP contribution in [0.5, 0.6) is 0 Å². The molecule has 0 N–H and O–H groups in total. The quantitative estimate of drug-likeness (QED) is 0.815. The van der Waals surface area contributed by atoms with E-state index in [9.17, 15) is 4.79 Å². The highest BCUT2D eigenvalue weighted by atomic mass is 16.2. The summed E-state index contributed by atoms with van der Waals surface area (Å²) in [7, 11) is 1.88. The summed E-state index contributed by atoms with van der Waals surface area (Å²) in [4.78, 5) is 21.2. The van der Waals surface area contributed by atoms with E-state index in [1.165, 1.54) is 13.0 Å². The third kappa shape index (κ3) is 2.35. The van der Waals surface area contributed by atoms with E-state index in [-0.39, 0.29) is 5.91 Å². The lowest BCUT2D eigenvalue weighted by Crippen LogP contribution is -2.43. The number of aromatic nitrogens is 2. The summed E-state index contributed by atoms with van der Waals surface area (Å²) in [6.45, 7) is 8.61. The lowest BCUT2D eigenvalue weighted by molar-refractivity contribution is 0.0767. The summed E-state index contributed by atoms with van der Waals surface area (Å²) in [5.74, 6) is 1.96. The fourth-order valence-corrected chi connectivity index (χ4v) is 3.54. The topological polar surface area (TPSA) is 41.4 Å². The van der Waals surface area contributed by atoms with Crippen molar-refractivity contribution in [1.82, 2.24) is 19.4 Å². The van der Waals surface area contributed by atoms with Crippen LogP contribution in [0, 0.1) is 11.8 Å². The summed E-state index contributed by atoms with van der Waals surface area (Å²) in [5.41, 5.74) is 0. The van der Waals surface area contributed by atoms with Crippen LogP contribution in [0.3, 0.4) is 0 Å². The molecule has 0 aromatic carbocycles. The zero-order valence-electron chi connectivity index (χ0n) is 12.6. The first kappa shape index (κ1) is 13.6. The summed E-state index contributed by atoms with van der Waals surface area (Å²) in [6, 6.07) is 0.607. The predicted octanol–water partition coefficient (Wildman–Crippen LogP) is 1.22. The van der Waals surface area contributed by atoms with Crippen molar-refractivity contribution in [2.75, 3.05) is 26.2 Å². The second-order valence-corrected chi connectivity index (χ2v) is 6.47. The third-order valence-corrected chi connectivity index (χ3v) is 4.86. The van der Waals surface area contributed by atoms with Gasteiger partial charge in [0.05, 0.1) is 0 Å². The van der Waals surface area contributed by atoms with Gasteiger partial charge in [0.1, 0.15) is 0 Å². The molecular formula is C15H24N4O. The van der Waals surface area contributed by atoms with E-state index in [1.807, 2.05) is 22.7 Å². The van der Waals surface area contributed by atoms with Gasteiger partial charge < -0.3 is 14.4 Å². The van der Waals surface area contributed by atoms with Crippen molar-refractivity contribution in [3.8, 4) is 0 Å². The number of likely N-dealkylation sites (tertiary alicyclic amines) is 2. The smallest absolute Gasteiger partial charge is 0.289 e. The van der Waals surface area contributed by atoms with Crippen molar-refractivity contribution < 1.29 is 4.79 Å². The molecule has 3 rings (SSSR count). The maximum atomic E-state index is 12.5. The Morgan fingerprint density at radius 3 is 2.70 bits per heavy atom. The predicted molar refractivity (Wildman–Crippen MR) is 77.4 cm³/mol. The standard InChI is InChI=1S/C15H24N4O/c1-11(2)18-6-4-12-8-19(10-13(12)9-18)15(20)14-16-5-7-17(14)3/h5,7,11-13H,4,6,8-10H2,1-3H3/t12-,13+/m1/s1. The summed E-state index contributed by atoms with van der Waals surface area (Å²) in [5, 5.41) is 0. The molecule has 0 saturated carbocycles. The van der Waals surface area contributed by atoms with Crippen molar-refractivity contribution in [2.24, 2.45) is 18.9 Å². The van der Waals surface area contributed by atoms with Crippen LogP contribution in [-0.4, -0.2) is 57.5 Å². The third-order valence-electron chi connectivity index (χ3n) is 4.86. The number of carbonyl (C=O) groups excluding carboxylic acids is 1. The van der Waals surface area contributed by atoms with Crippen molar-refractivity contribution >= 4 is 5.91 Å². The number of nitrogens with zero attached hydrogens (tertiary/aromatic N) is 4. The lowest BCUT2D eigenvalue weighted by atomic mass is 9.88. The Morgan fingerprint density at radius 1 is 1.30 bits per heavy atom. The van der Waals surface area contributed by atoms with Crippen LogP contribution < -0.4 is 0 Å².